The van der Waals surface area contributed by atoms with Gasteiger partial charge in [0.15, 0.2) is 0 Å². The first-order valence-electron chi connectivity index (χ1n) is 21.2. The minimum Gasteiger partial charge on any atom is -0.459 e. The van der Waals surface area contributed by atoms with E-state index in [2.05, 4.69) is 81.4 Å². The minimum atomic E-state index is -2.98. The Bertz CT molecular complexity index is 2080. The molecule has 1 aromatic heterocycles. The highest BCUT2D eigenvalue weighted by Gasteiger charge is 2.59. The van der Waals surface area contributed by atoms with E-state index >= 15 is 0 Å². The van der Waals surface area contributed by atoms with Crippen LogP contribution in [0.4, 0.5) is 0 Å². The Balaban J connectivity index is 1.21. The molecule has 0 radical (unpaired) electrons. The SMILES string of the molecule is CC(C)(C)[Si](OCC1=C2[C@@H](CC/C(=C/c3ccc(CO)o3)c3ccccc3)OB(O)C[C@@H]2[C@@H]2C(=O)N(C3CCCCC3)C(=O)[C@@H]2C1)(c1ccccc1)c1ccccc1. The molecule has 3 heterocycles. The molecule has 2 aliphatic heterocycles. The molecular formula is C48H56BNO7Si. The standard InChI is InChI=1S/C48H56BNO7Si/c1-48(2,3)58(39-20-12-6-13-21-39,40-22-14-7-15-23-40)55-32-35-29-41-45(47(53)50(46(41)52)36-18-10-5-11-19-36)42-30-49(54)57-43(44(35)42)27-24-34(33-16-8-4-9-17-33)28-37-25-26-38(31-51)56-37/h4,6-9,12-17,20-23,25-26,28,36,41-43,45,51,54H,5,10-11,18-19,24,27,29-32H2,1-3H3/b34-28-/t41-,42+,43-,45-/m1/s1. The molecule has 3 aromatic carbocycles. The van der Waals surface area contributed by atoms with Crippen molar-refractivity contribution in [3.63, 3.8) is 0 Å². The Kier molecular flexibility index (Phi) is 11.9. The molecule has 8 rings (SSSR count). The van der Waals surface area contributed by atoms with Gasteiger partial charge in [0.2, 0.25) is 11.8 Å². The Hall–Kier alpha value is -4.32. The molecular weight excluding hydrogens is 741 g/mol. The Morgan fingerprint density at radius 3 is 2.10 bits per heavy atom. The molecule has 2 amide bonds. The predicted octanol–water partition coefficient (Wildman–Crippen LogP) is 7.80. The van der Waals surface area contributed by atoms with Gasteiger partial charge >= 0.3 is 7.12 Å². The number of nitrogens with zero attached hydrogens (tertiary/aromatic N) is 1. The number of hydrogen-bond acceptors (Lipinski definition) is 7. The first-order chi connectivity index (χ1) is 28.1. The summed E-state index contributed by atoms with van der Waals surface area (Å²) in [4.78, 5) is 30.8. The van der Waals surface area contributed by atoms with Crippen LogP contribution >= 0.6 is 0 Å². The Labute approximate surface area is 344 Å². The molecule has 2 aliphatic carbocycles. The number of aliphatic hydroxyl groups excluding tert-OH is 1. The molecule has 302 valence electrons. The summed E-state index contributed by atoms with van der Waals surface area (Å²) in [7, 11) is -4.06. The zero-order valence-electron chi connectivity index (χ0n) is 34.0. The number of benzene rings is 3. The fraction of sp³-hybridized carbons (Fsp3) is 0.417. The van der Waals surface area contributed by atoms with Gasteiger partial charge in [0.25, 0.3) is 8.32 Å². The lowest BCUT2D eigenvalue weighted by atomic mass is 9.58. The monoisotopic (exact) mass is 797 g/mol. The number of allylic oxidation sites excluding steroid dienone is 1. The molecule has 8 nitrogen and oxygen atoms in total. The van der Waals surface area contributed by atoms with Gasteiger partial charge in [-0.05, 0) is 100 Å². The summed E-state index contributed by atoms with van der Waals surface area (Å²) in [6.07, 6.45) is 8.18. The van der Waals surface area contributed by atoms with Gasteiger partial charge in [-0.1, -0.05) is 131 Å². The van der Waals surface area contributed by atoms with Crippen LogP contribution in [0, 0.1) is 17.8 Å². The highest BCUT2D eigenvalue weighted by atomic mass is 28.4. The van der Waals surface area contributed by atoms with Crippen molar-refractivity contribution in [3.8, 4) is 0 Å². The van der Waals surface area contributed by atoms with E-state index in [1.165, 1.54) is 10.4 Å². The molecule has 4 atom stereocenters. The van der Waals surface area contributed by atoms with Crippen LogP contribution in [0.15, 0.2) is 119 Å². The molecule has 0 bridgehead atoms. The molecule has 0 unspecified atom stereocenters. The number of aliphatic hydroxyl groups is 1. The van der Waals surface area contributed by atoms with Crippen LogP contribution in [-0.4, -0.2) is 61.0 Å². The number of imide groups is 1. The van der Waals surface area contributed by atoms with E-state index in [1.54, 1.807) is 11.0 Å². The maximum Gasteiger partial charge on any atom is 0.455 e. The fourth-order valence-electron chi connectivity index (χ4n) is 10.5. The van der Waals surface area contributed by atoms with Crippen molar-refractivity contribution in [3.05, 3.63) is 131 Å². The lowest BCUT2D eigenvalue weighted by Crippen LogP contribution is -2.66. The summed E-state index contributed by atoms with van der Waals surface area (Å²) in [5, 5.41) is 23.2. The summed E-state index contributed by atoms with van der Waals surface area (Å²) in [6, 6.07) is 34.9. The van der Waals surface area contributed by atoms with Crippen molar-refractivity contribution < 1.29 is 33.2 Å². The summed E-state index contributed by atoms with van der Waals surface area (Å²) >= 11 is 0. The normalized spacial score (nSPS) is 23.4. The van der Waals surface area contributed by atoms with Gasteiger partial charge in [0.1, 0.15) is 18.1 Å². The molecule has 2 saturated heterocycles. The van der Waals surface area contributed by atoms with Gasteiger partial charge in [-0.2, -0.15) is 0 Å². The second-order valence-electron chi connectivity index (χ2n) is 17.6. The van der Waals surface area contributed by atoms with Gasteiger partial charge in [0, 0.05) is 6.04 Å². The zero-order chi connectivity index (χ0) is 40.4. The molecule has 10 heteroatoms. The minimum absolute atomic E-state index is 0.0589. The largest absolute Gasteiger partial charge is 0.459 e. The molecule has 4 aromatic rings. The van der Waals surface area contributed by atoms with Gasteiger partial charge < -0.3 is 23.6 Å². The maximum absolute atomic E-state index is 14.6. The van der Waals surface area contributed by atoms with Gasteiger partial charge in [0.05, 0.1) is 24.5 Å². The van der Waals surface area contributed by atoms with Crippen LogP contribution in [0.2, 0.25) is 11.4 Å². The van der Waals surface area contributed by atoms with Crippen LogP contribution in [-0.2, 0) is 25.3 Å². The van der Waals surface area contributed by atoms with E-state index in [0.717, 1.165) is 54.4 Å². The van der Waals surface area contributed by atoms with Gasteiger partial charge in [-0.25, -0.2) is 0 Å². The van der Waals surface area contributed by atoms with Crippen molar-refractivity contribution >= 4 is 49.3 Å². The van der Waals surface area contributed by atoms with Crippen molar-refractivity contribution in [1.29, 1.82) is 0 Å². The van der Waals surface area contributed by atoms with Crippen LogP contribution in [0.1, 0.15) is 89.2 Å². The third-order valence-electron chi connectivity index (χ3n) is 13.1. The van der Waals surface area contributed by atoms with E-state index in [9.17, 15) is 19.7 Å². The highest BCUT2D eigenvalue weighted by Crippen LogP contribution is 2.52. The summed E-state index contributed by atoms with van der Waals surface area (Å²) < 4.78 is 20.0. The maximum atomic E-state index is 14.6. The smallest absolute Gasteiger partial charge is 0.455 e. The number of hydrogen-bond donors (Lipinski definition) is 2. The van der Waals surface area contributed by atoms with Gasteiger partial charge in [-0.3, -0.25) is 14.5 Å². The number of carbonyl (C=O) groups excluding carboxylic acids is 2. The van der Waals surface area contributed by atoms with E-state index in [-0.39, 0.29) is 41.7 Å². The van der Waals surface area contributed by atoms with Crippen LogP contribution in [0.3, 0.4) is 0 Å². The first-order valence-corrected chi connectivity index (χ1v) is 23.1. The third-order valence-corrected chi connectivity index (χ3v) is 18.1. The van der Waals surface area contributed by atoms with Gasteiger partial charge in [-0.15, -0.1) is 0 Å². The molecule has 3 fully saturated rings. The van der Waals surface area contributed by atoms with E-state index in [1.807, 2.05) is 42.5 Å². The Morgan fingerprint density at radius 2 is 1.50 bits per heavy atom. The molecule has 1 saturated carbocycles. The molecule has 2 N–H and O–H groups in total. The Morgan fingerprint density at radius 1 is 0.862 bits per heavy atom. The quantitative estimate of drug-likeness (QED) is 0.0856. The number of amides is 2. The van der Waals surface area contributed by atoms with Crippen molar-refractivity contribution in [2.45, 2.75) is 102 Å². The molecule has 0 spiro atoms. The van der Waals surface area contributed by atoms with Crippen molar-refractivity contribution in [2.24, 2.45) is 17.8 Å². The first kappa shape index (κ1) is 40.5. The van der Waals surface area contributed by atoms with E-state index in [0.29, 0.717) is 37.4 Å². The number of rotatable bonds is 12. The second kappa shape index (κ2) is 17.1. The van der Waals surface area contributed by atoms with Crippen molar-refractivity contribution in [1.82, 2.24) is 4.90 Å². The van der Waals surface area contributed by atoms with Crippen LogP contribution < -0.4 is 10.4 Å². The fourth-order valence-corrected chi connectivity index (χ4v) is 15.1. The molecule has 4 aliphatic rings. The summed E-state index contributed by atoms with van der Waals surface area (Å²) in [5.41, 5.74) is 4.09. The number of carbonyl (C=O) groups is 2. The lowest BCUT2D eigenvalue weighted by Gasteiger charge is -2.46. The lowest BCUT2D eigenvalue weighted by molar-refractivity contribution is -0.143. The van der Waals surface area contributed by atoms with Crippen molar-refractivity contribution in [2.75, 3.05) is 6.61 Å². The van der Waals surface area contributed by atoms with E-state index < -0.39 is 33.4 Å². The number of likely N-dealkylation sites (tertiary alicyclic amines) is 1. The molecule has 58 heavy (non-hydrogen) atoms. The number of furan rings is 1. The average Bonchev–Trinajstić information content (AvgIpc) is 3.80. The van der Waals surface area contributed by atoms with Crippen LogP contribution in [0.25, 0.3) is 11.6 Å². The highest BCUT2D eigenvalue weighted by molar-refractivity contribution is 6.99. The summed E-state index contributed by atoms with van der Waals surface area (Å²) in [5.74, 6) is -0.384. The third kappa shape index (κ3) is 7.77. The number of fused-ring (bicyclic) bond motifs is 3. The predicted molar refractivity (Wildman–Crippen MR) is 230 cm³/mol. The average molecular weight is 798 g/mol. The zero-order valence-corrected chi connectivity index (χ0v) is 35.0. The summed E-state index contributed by atoms with van der Waals surface area (Å²) in [6.45, 7) is 6.90. The van der Waals surface area contributed by atoms with Crippen LogP contribution in [0.5, 0.6) is 0 Å². The second-order valence-corrected chi connectivity index (χ2v) is 21.9. The topological polar surface area (TPSA) is 109 Å². The van der Waals surface area contributed by atoms with E-state index in [4.69, 9.17) is 13.5 Å².